The van der Waals surface area contributed by atoms with Crippen LogP contribution in [0.15, 0.2) is 22.7 Å². The number of ether oxygens (including phenoxy) is 1. The Bertz CT molecular complexity index is 419. The number of carbonyl (C=O) groups is 1. The molecule has 17 heavy (non-hydrogen) atoms. The predicted molar refractivity (Wildman–Crippen MR) is 67.1 cm³/mol. The molecule has 1 aromatic rings. The molecule has 0 radical (unpaired) electrons. The second kappa shape index (κ2) is 5.51. The number of hydrogen-bond donors (Lipinski definition) is 2. The molecule has 0 heterocycles. The van der Waals surface area contributed by atoms with Crippen LogP contribution in [0.4, 0.5) is 0 Å². The zero-order valence-corrected chi connectivity index (χ0v) is 11.3. The fourth-order valence-electron chi connectivity index (χ4n) is 1.64. The van der Waals surface area contributed by atoms with Crippen LogP contribution in [0.2, 0.25) is 0 Å². The first kappa shape index (κ1) is 14.0. The van der Waals surface area contributed by atoms with Gasteiger partial charge < -0.3 is 14.9 Å². The van der Waals surface area contributed by atoms with Crippen molar-refractivity contribution < 1.29 is 19.7 Å². The molecule has 1 unspecified atom stereocenters. The lowest BCUT2D eigenvalue weighted by atomic mass is 9.88. The summed E-state index contributed by atoms with van der Waals surface area (Å²) in [6.07, 6.45) is 0.0142. The van der Waals surface area contributed by atoms with Crippen molar-refractivity contribution in [2.45, 2.75) is 25.4 Å². The van der Waals surface area contributed by atoms with Gasteiger partial charge in [0.15, 0.2) is 0 Å². The molecule has 1 atom stereocenters. The summed E-state index contributed by atoms with van der Waals surface area (Å²) >= 11 is 3.31. The molecule has 0 saturated carbocycles. The van der Waals surface area contributed by atoms with Crippen LogP contribution in [-0.2, 0) is 10.4 Å². The molecule has 0 aliphatic carbocycles. The van der Waals surface area contributed by atoms with Gasteiger partial charge in [-0.1, -0.05) is 13.0 Å². The normalized spacial score (nSPS) is 14.1. The minimum Gasteiger partial charge on any atom is -0.496 e. The first-order valence-electron chi connectivity index (χ1n) is 5.21. The molecule has 0 spiro atoms. The van der Waals surface area contributed by atoms with Crippen LogP contribution in [0.1, 0.15) is 25.3 Å². The summed E-state index contributed by atoms with van der Waals surface area (Å²) < 4.78 is 5.77. The molecule has 4 nitrogen and oxygen atoms in total. The van der Waals surface area contributed by atoms with E-state index in [0.29, 0.717) is 22.2 Å². The molecule has 0 aromatic heterocycles. The van der Waals surface area contributed by atoms with Crippen molar-refractivity contribution in [1.82, 2.24) is 0 Å². The number of rotatable bonds is 5. The topological polar surface area (TPSA) is 66.8 Å². The number of hydrogen-bond acceptors (Lipinski definition) is 3. The quantitative estimate of drug-likeness (QED) is 0.877. The molecule has 0 aliphatic rings. The largest absolute Gasteiger partial charge is 0.496 e. The van der Waals surface area contributed by atoms with Gasteiger partial charge in [0.05, 0.1) is 23.6 Å². The van der Waals surface area contributed by atoms with Gasteiger partial charge in [0.25, 0.3) is 0 Å². The van der Waals surface area contributed by atoms with Crippen molar-refractivity contribution in [3.63, 3.8) is 0 Å². The highest BCUT2D eigenvalue weighted by atomic mass is 79.9. The van der Waals surface area contributed by atoms with Gasteiger partial charge in [-0.2, -0.15) is 0 Å². The lowest BCUT2D eigenvalue weighted by molar-refractivity contribution is -0.143. The van der Waals surface area contributed by atoms with Gasteiger partial charge in [-0.05, 0) is 40.0 Å². The SMILES string of the molecule is CCC(O)(CC(=O)O)c1ccc(OC)c(Br)c1. The Hall–Kier alpha value is -1.07. The van der Waals surface area contributed by atoms with E-state index in [0.717, 1.165) is 0 Å². The predicted octanol–water partition coefficient (Wildman–Crippen LogP) is 2.53. The zero-order valence-electron chi connectivity index (χ0n) is 9.74. The van der Waals surface area contributed by atoms with Crippen LogP contribution < -0.4 is 4.74 Å². The molecule has 0 fully saturated rings. The molecule has 1 rings (SSSR count). The summed E-state index contributed by atoms with van der Waals surface area (Å²) in [6, 6.07) is 5.06. The molecule has 0 bridgehead atoms. The summed E-state index contributed by atoms with van der Waals surface area (Å²) in [6.45, 7) is 1.75. The number of methoxy groups -OCH3 is 1. The van der Waals surface area contributed by atoms with Crippen LogP contribution in [-0.4, -0.2) is 23.3 Å². The van der Waals surface area contributed by atoms with Gasteiger partial charge in [0.1, 0.15) is 5.75 Å². The van der Waals surface area contributed by atoms with E-state index in [-0.39, 0.29) is 6.42 Å². The van der Waals surface area contributed by atoms with Gasteiger partial charge >= 0.3 is 5.97 Å². The van der Waals surface area contributed by atoms with E-state index in [9.17, 15) is 9.90 Å². The van der Waals surface area contributed by atoms with Crippen molar-refractivity contribution in [1.29, 1.82) is 0 Å². The van der Waals surface area contributed by atoms with Crippen molar-refractivity contribution in [2.24, 2.45) is 0 Å². The zero-order chi connectivity index (χ0) is 13.1. The second-order valence-electron chi connectivity index (χ2n) is 3.80. The number of carboxylic acids is 1. The summed E-state index contributed by atoms with van der Waals surface area (Å²) in [5.41, 5.74) is -0.782. The van der Waals surface area contributed by atoms with Crippen LogP contribution in [0.5, 0.6) is 5.75 Å². The van der Waals surface area contributed by atoms with Crippen molar-refractivity contribution in [3.05, 3.63) is 28.2 Å². The Morgan fingerprint density at radius 2 is 2.18 bits per heavy atom. The summed E-state index contributed by atoms with van der Waals surface area (Å²) in [5.74, 6) is -0.385. The van der Waals surface area contributed by atoms with E-state index in [1.807, 2.05) is 0 Å². The molecule has 94 valence electrons. The molecular weight excluding hydrogens is 288 g/mol. The molecule has 5 heteroatoms. The molecule has 0 saturated heterocycles. The second-order valence-corrected chi connectivity index (χ2v) is 4.66. The minimum absolute atomic E-state index is 0.317. The van der Waals surface area contributed by atoms with Crippen molar-refractivity contribution >= 4 is 21.9 Å². The number of carboxylic acid groups (broad SMARTS) is 1. The monoisotopic (exact) mass is 302 g/mol. The summed E-state index contributed by atoms with van der Waals surface area (Å²) in [7, 11) is 1.54. The van der Waals surface area contributed by atoms with Gasteiger partial charge in [-0.15, -0.1) is 0 Å². The number of aliphatic hydroxyl groups is 1. The third-order valence-corrected chi connectivity index (χ3v) is 3.34. The van der Waals surface area contributed by atoms with Gasteiger partial charge in [-0.3, -0.25) is 4.79 Å². The minimum atomic E-state index is -1.35. The van der Waals surface area contributed by atoms with E-state index < -0.39 is 11.6 Å². The van der Waals surface area contributed by atoms with E-state index in [4.69, 9.17) is 9.84 Å². The Morgan fingerprint density at radius 3 is 2.59 bits per heavy atom. The van der Waals surface area contributed by atoms with E-state index in [1.165, 1.54) is 0 Å². The Balaban J connectivity index is 3.12. The smallest absolute Gasteiger partial charge is 0.306 e. The standard InChI is InChI=1S/C12H15BrO4/c1-3-12(16,7-11(14)15)8-4-5-10(17-2)9(13)6-8/h4-6,16H,3,7H2,1-2H3,(H,14,15). The van der Waals surface area contributed by atoms with Gasteiger partial charge in [0, 0.05) is 0 Å². The molecule has 2 N–H and O–H groups in total. The lowest BCUT2D eigenvalue weighted by Crippen LogP contribution is -2.28. The van der Waals surface area contributed by atoms with Crippen LogP contribution in [0.3, 0.4) is 0 Å². The van der Waals surface area contributed by atoms with Gasteiger partial charge in [0.2, 0.25) is 0 Å². The molecular formula is C12H15BrO4. The number of halogens is 1. The maximum Gasteiger partial charge on any atom is 0.306 e. The maximum absolute atomic E-state index is 10.8. The van der Waals surface area contributed by atoms with Crippen LogP contribution in [0.25, 0.3) is 0 Å². The summed E-state index contributed by atoms with van der Waals surface area (Å²) in [4.78, 5) is 10.8. The van der Waals surface area contributed by atoms with Crippen molar-refractivity contribution in [3.8, 4) is 5.75 Å². The molecule has 1 aromatic carbocycles. The van der Waals surface area contributed by atoms with Crippen LogP contribution in [0, 0.1) is 0 Å². The maximum atomic E-state index is 10.8. The highest BCUT2D eigenvalue weighted by molar-refractivity contribution is 9.10. The third-order valence-electron chi connectivity index (χ3n) is 2.72. The number of aliphatic carboxylic acids is 1. The highest BCUT2D eigenvalue weighted by Crippen LogP contribution is 2.34. The van der Waals surface area contributed by atoms with Gasteiger partial charge in [-0.25, -0.2) is 0 Å². The van der Waals surface area contributed by atoms with E-state index >= 15 is 0 Å². The summed E-state index contributed by atoms with van der Waals surface area (Å²) in [5, 5.41) is 19.1. The van der Waals surface area contributed by atoms with Crippen LogP contribution >= 0.6 is 15.9 Å². The first-order chi connectivity index (χ1) is 7.92. The Labute approximate surface area is 108 Å². The number of benzene rings is 1. The average Bonchev–Trinajstić information content (AvgIpc) is 2.27. The molecule has 0 amide bonds. The Morgan fingerprint density at radius 1 is 1.53 bits per heavy atom. The fraction of sp³-hybridized carbons (Fsp3) is 0.417. The Kier molecular flexibility index (Phi) is 4.54. The van der Waals surface area contributed by atoms with E-state index in [1.54, 1.807) is 32.2 Å². The fourth-order valence-corrected chi connectivity index (χ4v) is 2.18. The average molecular weight is 303 g/mol. The third kappa shape index (κ3) is 3.20. The van der Waals surface area contributed by atoms with E-state index in [2.05, 4.69) is 15.9 Å². The highest BCUT2D eigenvalue weighted by Gasteiger charge is 2.30. The first-order valence-corrected chi connectivity index (χ1v) is 6.00. The lowest BCUT2D eigenvalue weighted by Gasteiger charge is -2.26. The van der Waals surface area contributed by atoms with Crippen molar-refractivity contribution in [2.75, 3.05) is 7.11 Å². The molecule has 0 aliphatic heterocycles.